The highest BCUT2D eigenvalue weighted by Gasteiger charge is 2.32. The summed E-state index contributed by atoms with van der Waals surface area (Å²) < 4.78 is 0. The molecular weight excluding hydrogens is 438 g/mol. The lowest BCUT2D eigenvalue weighted by molar-refractivity contribution is -0.139. The molecule has 3 aromatic rings. The minimum atomic E-state index is -0.832. The summed E-state index contributed by atoms with van der Waals surface area (Å²) >= 11 is 0. The molecule has 6 heteroatoms. The fourth-order valence-corrected chi connectivity index (χ4v) is 5.30. The third kappa shape index (κ3) is 4.80. The van der Waals surface area contributed by atoms with Crippen molar-refractivity contribution in [2.24, 2.45) is 11.5 Å². The lowest BCUT2D eigenvalue weighted by atomic mass is 9.92. The second kappa shape index (κ2) is 9.92. The van der Waals surface area contributed by atoms with Gasteiger partial charge in [0.05, 0.1) is 6.04 Å². The number of rotatable bonds is 8. The van der Waals surface area contributed by atoms with Gasteiger partial charge < -0.3 is 21.5 Å². The summed E-state index contributed by atoms with van der Waals surface area (Å²) in [6, 6.07) is 18.4. The molecule has 0 fully saturated rings. The lowest BCUT2D eigenvalue weighted by Gasteiger charge is -2.31. The molecule has 0 saturated heterocycles. The summed E-state index contributed by atoms with van der Waals surface area (Å²) in [6.45, 7) is 5.79. The smallest absolute Gasteiger partial charge is 0.240 e. The molecule has 6 nitrogen and oxygen atoms in total. The zero-order valence-electron chi connectivity index (χ0n) is 20.5. The molecule has 0 bridgehead atoms. The van der Waals surface area contributed by atoms with Gasteiger partial charge in [-0.3, -0.25) is 9.59 Å². The molecule has 2 amide bonds. The Morgan fingerprint density at radius 2 is 1.49 bits per heavy atom. The highest BCUT2D eigenvalue weighted by molar-refractivity contribution is 5.89. The van der Waals surface area contributed by atoms with Crippen molar-refractivity contribution in [1.82, 2.24) is 4.90 Å². The normalized spacial score (nSPS) is 14.2. The van der Waals surface area contributed by atoms with E-state index in [0.717, 1.165) is 16.7 Å². The van der Waals surface area contributed by atoms with Crippen LogP contribution in [0.2, 0.25) is 0 Å². The number of carbonyl (C=O) groups excluding carboxylic acids is 2. The summed E-state index contributed by atoms with van der Waals surface area (Å²) in [5, 5.41) is 9.84. The van der Waals surface area contributed by atoms with Crippen molar-refractivity contribution < 1.29 is 14.7 Å². The topological polar surface area (TPSA) is 110 Å². The van der Waals surface area contributed by atoms with Crippen molar-refractivity contribution in [1.29, 1.82) is 0 Å². The zero-order chi connectivity index (χ0) is 25.3. The molecule has 5 N–H and O–H groups in total. The van der Waals surface area contributed by atoms with Crippen LogP contribution in [0.1, 0.15) is 47.1 Å². The summed E-state index contributed by atoms with van der Waals surface area (Å²) in [5.41, 5.74) is 19.6. The van der Waals surface area contributed by atoms with Gasteiger partial charge in [0, 0.05) is 12.5 Å². The van der Waals surface area contributed by atoms with Crippen LogP contribution in [0.4, 0.5) is 0 Å². The van der Waals surface area contributed by atoms with Crippen molar-refractivity contribution in [3.63, 3.8) is 0 Å². The fourth-order valence-electron chi connectivity index (χ4n) is 5.30. The maximum absolute atomic E-state index is 13.5. The van der Waals surface area contributed by atoms with Crippen molar-refractivity contribution in [3.05, 3.63) is 88.5 Å². The van der Waals surface area contributed by atoms with Gasteiger partial charge in [-0.25, -0.2) is 0 Å². The van der Waals surface area contributed by atoms with Crippen LogP contribution in [0.5, 0.6) is 5.75 Å². The first-order valence-corrected chi connectivity index (χ1v) is 12.0. The van der Waals surface area contributed by atoms with Gasteiger partial charge in [0.2, 0.25) is 11.8 Å². The van der Waals surface area contributed by atoms with Crippen molar-refractivity contribution >= 4 is 11.8 Å². The number of aryl methyl sites for hydroxylation is 2. The molecule has 0 spiro atoms. The third-order valence-electron chi connectivity index (χ3n) is 7.21. The molecule has 0 radical (unpaired) electrons. The summed E-state index contributed by atoms with van der Waals surface area (Å²) in [5.74, 6) is -0.558. The van der Waals surface area contributed by atoms with E-state index in [1.807, 2.05) is 38.1 Å². The summed E-state index contributed by atoms with van der Waals surface area (Å²) in [7, 11) is 0. The van der Waals surface area contributed by atoms with Gasteiger partial charge >= 0.3 is 0 Å². The molecule has 4 rings (SSSR count). The van der Waals surface area contributed by atoms with Crippen LogP contribution in [-0.2, 0) is 16.0 Å². The number of aromatic hydroxyl groups is 1. The first-order valence-electron chi connectivity index (χ1n) is 12.0. The number of primary amides is 1. The highest BCUT2D eigenvalue weighted by atomic mass is 16.3. The van der Waals surface area contributed by atoms with E-state index >= 15 is 0 Å². The maximum atomic E-state index is 13.5. The molecule has 1 aliphatic rings. The number of amides is 2. The first-order chi connectivity index (χ1) is 16.7. The Labute approximate surface area is 206 Å². The number of fused-ring (bicyclic) bond motifs is 3. The van der Waals surface area contributed by atoms with E-state index in [0.29, 0.717) is 19.4 Å². The van der Waals surface area contributed by atoms with E-state index in [4.69, 9.17) is 11.5 Å². The average Bonchev–Trinajstić information content (AvgIpc) is 3.15. The number of nitrogens with zero attached hydrogens (tertiary/aromatic N) is 1. The summed E-state index contributed by atoms with van der Waals surface area (Å²) in [6.07, 6.45) is 0.967. The Bertz CT molecular complexity index is 1200. The molecule has 35 heavy (non-hydrogen) atoms. The Kier molecular flexibility index (Phi) is 6.94. The fraction of sp³-hybridized carbons (Fsp3) is 0.310. The molecule has 2 atom stereocenters. The number of carbonyl (C=O) groups is 2. The van der Waals surface area contributed by atoms with Gasteiger partial charge in [-0.05, 0) is 84.7 Å². The predicted molar refractivity (Wildman–Crippen MR) is 138 cm³/mol. The average molecular weight is 472 g/mol. The third-order valence-corrected chi connectivity index (χ3v) is 7.21. The molecule has 182 valence electrons. The van der Waals surface area contributed by atoms with Crippen LogP contribution < -0.4 is 11.5 Å². The Morgan fingerprint density at radius 3 is 2.00 bits per heavy atom. The second-order valence-corrected chi connectivity index (χ2v) is 9.49. The Balaban J connectivity index is 1.57. The van der Waals surface area contributed by atoms with E-state index in [2.05, 4.69) is 24.3 Å². The Hall–Kier alpha value is -3.64. The zero-order valence-corrected chi connectivity index (χ0v) is 20.5. The molecule has 0 aliphatic heterocycles. The lowest BCUT2D eigenvalue weighted by Crippen LogP contribution is -2.53. The van der Waals surface area contributed by atoms with Gasteiger partial charge in [0.1, 0.15) is 11.8 Å². The molecule has 0 unspecified atom stereocenters. The van der Waals surface area contributed by atoms with Gasteiger partial charge in [0.25, 0.3) is 0 Å². The van der Waals surface area contributed by atoms with Gasteiger partial charge in [-0.2, -0.15) is 0 Å². The largest absolute Gasteiger partial charge is 0.508 e. The van der Waals surface area contributed by atoms with Crippen LogP contribution in [0.3, 0.4) is 0 Å². The van der Waals surface area contributed by atoms with Crippen LogP contribution in [0, 0.1) is 13.8 Å². The quantitative estimate of drug-likeness (QED) is 0.464. The van der Waals surface area contributed by atoms with Gasteiger partial charge in [-0.1, -0.05) is 48.5 Å². The van der Waals surface area contributed by atoms with Gasteiger partial charge in [-0.15, -0.1) is 0 Å². The van der Waals surface area contributed by atoms with E-state index in [1.54, 1.807) is 19.1 Å². The molecular formula is C29H33N3O3. The van der Waals surface area contributed by atoms with E-state index < -0.39 is 18.0 Å². The molecule has 1 aliphatic carbocycles. The molecule has 3 aromatic carbocycles. The number of benzene rings is 3. The minimum Gasteiger partial charge on any atom is -0.508 e. The standard InChI is InChI=1S/C29H33N3O3/c1-17-14-20(33)15-18(2)26(17)16-27(30)29(35)32(19(3)28(31)34)13-12-25-23-10-6-4-8-21(23)22-9-5-7-11-24(22)25/h4-11,14-15,19,25,27,33H,12-13,16,30H2,1-3H3,(H2,31,34)/t19-,27+/m1/s1. The van der Waals surface area contributed by atoms with E-state index in [1.165, 1.54) is 27.2 Å². The molecule has 0 saturated carbocycles. The highest BCUT2D eigenvalue weighted by Crippen LogP contribution is 2.46. The SMILES string of the molecule is Cc1cc(O)cc(C)c1C[C@H](N)C(=O)N(CCC1c2ccccc2-c2ccccc21)[C@H](C)C(N)=O. The van der Waals surface area contributed by atoms with E-state index in [-0.39, 0.29) is 17.6 Å². The van der Waals surface area contributed by atoms with Crippen molar-refractivity contribution in [2.75, 3.05) is 6.54 Å². The molecule has 0 aromatic heterocycles. The maximum Gasteiger partial charge on any atom is 0.240 e. The van der Waals surface area contributed by atoms with Gasteiger partial charge in [0.15, 0.2) is 0 Å². The monoisotopic (exact) mass is 471 g/mol. The number of nitrogens with two attached hydrogens (primary N) is 2. The first kappa shape index (κ1) is 24.5. The van der Waals surface area contributed by atoms with Crippen molar-refractivity contribution in [2.45, 2.75) is 51.6 Å². The number of phenols is 1. The minimum absolute atomic E-state index is 0.121. The van der Waals surface area contributed by atoms with Crippen LogP contribution in [-0.4, -0.2) is 40.4 Å². The van der Waals surface area contributed by atoms with E-state index in [9.17, 15) is 14.7 Å². The number of hydrogen-bond donors (Lipinski definition) is 3. The number of phenolic OH excluding ortho intramolecular Hbond substituents is 1. The summed E-state index contributed by atoms with van der Waals surface area (Å²) in [4.78, 5) is 27.2. The van der Waals surface area contributed by atoms with Crippen LogP contribution in [0.15, 0.2) is 60.7 Å². The van der Waals surface area contributed by atoms with Crippen LogP contribution in [0.25, 0.3) is 11.1 Å². The van der Waals surface area contributed by atoms with Crippen LogP contribution >= 0.6 is 0 Å². The number of hydrogen-bond acceptors (Lipinski definition) is 4. The molecule has 0 heterocycles. The Morgan fingerprint density at radius 1 is 0.971 bits per heavy atom. The predicted octanol–water partition coefficient (Wildman–Crippen LogP) is 3.78. The van der Waals surface area contributed by atoms with Crippen molar-refractivity contribution in [3.8, 4) is 16.9 Å². The second-order valence-electron chi connectivity index (χ2n) is 9.49.